The molecule has 0 spiro atoms. The molecule has 6 nitrogen and oxygen atoms in total. The first-order valence-corrected chi connectivity index (χ1v) is 20.9. The number of ether oxygens (including phenoxy) is 2. The molecule has 0 aliphatic rings. The standard InChI is InChI=1S/C34H64Br2O6S2/c1-8-10-12-14-16-18-20-22-28(41-30(38)32(4,5)35)24-25-34(40,44-43-27(3)37)26-29(42-31(39)33(6,7)36)23-21-19-17-15-13-11-9-2/h27-29,37,40H,8-26H2,1-7H3. The lowest BCUT2D eigenvalue weighted by Crippen LogP contribution is -2.37. The molecule has 0 aromatic heterocycles. The first kappa shape index (κ1) is 44.5. The highest BCUT2D eigenvalue weighted by Crippen LogP contribution is 2.44. The summed E-state index contributed by atoms with van der Waals surface area (Å²) in [4.78, 5) is 24.4. The second-order valence-corrected chi connectivity index (χ2v) is 20.1. The Bertz CT molecular complexity index is 757. The molecule has 0 heterocycles. The minimum Gasteiger partial charge on any atom is -0.461 e. The van der Waals surface area contributed by atoms with Crippen molar-refractivity contribution in [2.24, 2.45) is 0 Å². The zero-order valence-corrected chi connectivity index (χ0v) is 33.6. The minimum atomic E-state index is -1.28. The fraction of sp³-hybridized carbons (Fsp3) is 0.941. The van der Waals surface area contributed by atoms with Crippen LogP contribution in [0.15, 0.2) is 0 Å². The van der Waals surface area contributed by atoms with Crippen LogP contribution in [0.1, 0.15) is 170 Å². The van der Waals surface area contributed by atoms with Crippen molar-refractivity contribution >= 4 is 65.4 Å². The lowest BCUT2D eigenvalue weighted by molar-refractivity contribution is -0.155. The van der Waals surface area contributed by atoms with Gasteiger partial charge in [-0.2, -0.15) is 0 Å². The third-order valence-corrected chi connectivity index (χ3v) is 11.3. The second kappa shape index (κ2) is 24.6. The molecule has 0 aromatic carbocycles. The van der Waals surface area contributed by atoms with E-state index >= 15 is 0 Å². The maximum atomic E-state index is 12.9. The van der Waals surface area contributed by atoms with E-state index in [4.69, 9.17) is 9.47 Å². The van der Waals surface area contributed by atoms with E-state index in [1.165, 1.54) is 79.4 Å². The van der Waals surface area contributed by atoms with Crippen LogP contribution in [0.3, 0.4) is 0 Å². The SMILES string of the molecule is CCCCCCCCCC(CCC(O)(CC(CCCCCCCCC)OC(=O)C(C)(C)Br)SSC(C)O)OC(=O)C(C)(C)Br. The summed E-state index contributed by atoms with van der Waals surface area (Å²) in [6.07, 6.45) is 17.9. The van der Waals surface area contributed by atoms with Gasteiger partial charge in [-0.05, 0) is 73.1 Å². The summed E-state index contributed by atoms with van der Waals surface area (Å²) in [6, 6.07) is 0. The summed E-state index contributed by atoms with van der Waals surface area (Å²) >= 11 is 6.85. The largest absolute Gasteiger partial charge is 0.461 e. The highest BCUT2D eigenvalue weighted by molar-refractivity contribution is 9.10. The van der Waals surface area contributed by atoms with E-state index in [2.05, 4.69) is 45.7 Å². The van der Waals surface area contributed by atoms with Gasteiger partial charge in [-0.15, -0.1) is 0 Å². The molecule has 0 aromatic rings. The van der Waals surface area contributed by atoms with Gasteiger partial charge < -0.3 is 19.7 Å². The van der Waals surface area contributed by atoms with Gasteiger partial charge in [0.05, 0.1) is 0 Å². The van der Waals surface area contributed by atoms with Gasteiger partial charge in [0.1, 0.15) is 31.2 Å². The number of aliphatic hydroxyl groups is 2. The highest BCUT2D eigenvalue weighted by atomic mass is 79.9. The number of esters is 2. The van der Waals surface area contributed by atoms with E-state index in [1.807, 2.05) is 0 Å². The zero-order valence-electron chi connectivity index (χ0n) is 28.8. The van der Waals surface area contributed by atoms with Crippen molar-refractivity contribution in [3.05, 3.63) is 0 Å². The fourth-order valence-corrected chi connectivity index (χ4v) is 7.15. The molecule has 0 saturated carbocycles. The number of carbonyl (C=O) groups is 2. The van der Waals surface area contributed by atoms with E-state index in [1.54, 1.807) is 34.6 Å². The van der Waals surface area contributed by atoms with Crippen LogP contribution in [-0.2, 0) is 19.1 Å². The van der Waals surface area contributed by atoms with Gasteiger partial charge >= 0.3 is 11.9 Å². The third-order valence-electron chi connectivity index (χ3n) is 7.52. The smallest absolute Gasteiger partial charge is 0.322 e. The number of rotatable bonds is 28. The topological polar surface area (TPSA) is 93.1 Å². The van der Waals surface area contributed by atoms with Gasteiger partial charge in [0.25, 0.3) is 0 Å². The summed E-state index contributed by atoms with van der Waals surface area (Å²) in [6.45, 7) is 13.2. The summed E-state index contributed by atoms with van der Waals surface area (Å²) in [7, 11) is 2.43. The van der Waals surface area contributed by atoms with Gasteiger partial charge in [-0.25, -0.2) is 0 Å². The quantitative estimate of drug-likeness (QED) is 0.0266. The molecule has 4 atom stereocenters. The van der Waals surface area contributed by atoms with Crippen molar-refractivity contribution in [1.82, 2.24) is 0 Å². The molecule has 2 N–H and O–H groups in total. The molecule has 44 heavy (non-hydrogen) atoms. The number of hydrogen-bond donors (Lipinski definition) is 2. The molecule has 262 valence electrons. The number of carbonyl (C=O) groups excluding carboxylic acids is 2. The molecular formula is C34H64Br2O6S2. The highest BCUT2D eigenvalue weighted by Gasteiger charge is 2.37. The number of aliphatic hydroxyl groups excluding tert-OH is 1. The number of alkyl halides is 2. The van der Waals surface area contributed by atoms with Crippen LogP contribution in [0.5, 0.6) is 0 Å². The van der Waals surface area contributed by atoms with Gasteiger partial charge in [-0.3, -0.25) is 9.59 Å². The lowest BCUT2D eigenvalue weighted by Gasteiger charge is -2.33. The van der Waals surface area contributed by atoms with Gasteiger partial charge in [0.15, 0.2) is 0 Å². The Morgan fingerprint density at radius 3 is 1.48 bits per heavy atom. The normalized spacial score (nSPS) is 15.8. The van der Waals surface area contributed by atoms with Crippen LogP contribution in [0.25, 0.3) is 0 Å². The van der Waals surface area contributed by atoms with E-state index in [-0.39, 0.29) is 24.5 Å². The van der Waals surface area contributed by atoms with Crippen LogP contribution in [0.2, 0.25) is 0 Å². The predicted molar refractivity (Wildman–Crippen MR) is 197 cm³/mol. The molecule has 0 saturated heterocycles. The van der Waals surface area contributed by atoms with Crippen molar-refractivity contribution in [2.45, 2.75) is 202 Å². The molecule has 0 aliphatic carbocycles. The summed E-state index contributed by atoms with van der Waals surface area (Å²) < 4.78 is 10.3. The van der Waals surface area contributed by atoms with Gasteiger partial charge in [-0.1, -0.05) is 144 Å². The zero-order chi connectivity index (χ0) is 33.7. The van der Waals surface area contributed by atoms with E-state index in [0.717, 1.165) is 38.5 Å². The molecule has 0 fully saturated rings. The monoisotopic (exact) mass is 790 g/mol. The van der Waals surface area contributed by atoms with Crippen molar-refractivity contribution in [2.75, 3.05) is 0 Å². The maximum Gasteiger partial charge on any atom is 0.322 e. The average Bonchev–Trinajstić information content (AvgIpc) is 2.92. The molecule has 10 heteroatoms. The first-order chi connectivity index (χ1) is 20.5. The van der Waals surface area contributed by atoms with Crippen LogP contribution in [-0.4, -0.2) is 53.4 Å². The molecular weight excluding hydrogens is 728 g/mol. The number of hydrogen-bond acceptors (Lipinski definition) is 8. The van der Waals surface area contributed by atoms with Crippen LogP contribution in [0.4, 0.5) is 0 Å². The lowest BCUT2D eigenvalue weighted by atomic mass is 9.97. The van der Waals surface area contributed by atoms with Crippen LogP contribution >= 0.6 is 53.4 Å². The van der Waals surface area contributed by atoms with Gasteiger partial charge in [0.2, 0.25) is 0 Å². The molecule has 0 rings (SSSR count). The Morgan fingerprint density at radius 2 is 1.07 bits per heavy atom. The van der Waals surface area contributed by atoms with Crippen molar-refractivity contribution < 1.29 is 29.3 Å². The summed E-state index contributed by atoms with van der Waals surface area (Å²) in [5.74, 6) is -0.670. The predicted octanol–water partition coefficient (Wildman–Crippen LogP) is 11.0. The molecule has 0 aliphatic heterocycles. The van der Waals surface area contributed by atoms with Crippen molar-refractivity contribution in [1.29, 1.82) is 0 Å². The number of halogens is 2. The Balaban J connectivity index is 5.61. The second-order valence-electron chi connectivity index (χ2n) is 13.3. The third kappa shape index (κ3) is 23.8. The Morgan fingerprint density at radius 1 is 0.682 bits per heavy atom. The molecule has 0 radical (unpaired) electrons. The minimum absolute atomic E-state index is 0.240. The Labute approximate surface area is 294 Å². The Kier molecular flexibility index (Phi) is 24.9. The van der Waals surface area contributed by atoms with E-state index < -0.39 is 25.1 Å². The van der Waals surface area contributed by atoms with E-state index in [0.29, 0.717) is 19.3 Å². The summed E-state index contributed by atoms with van der Waals surface area (Å²) in [5.41, 5.74) is -0.673. The Hall–Kier alpha value is 0.520. The van der Waals surface area contributed by atoms with Gasteiger partial charge in [0, 0.05) is 6.42 Å². The molecule has 0 bridgehead atoms. The van der Waals surface area contributed by atoms with Crippen LogP contribution in [0, 0.1) is 0 Å². The average molecular weight is 793 g/mol. The van der Waals surface area contributed by atoms with Crippen LogP contribution < -0.4 is 0 Å². The maximum absolute atomic E-state index is 12.9. The first-order valence-electron chi connectivity index (χ1n) is 17.1. The fourth-order valence-electron chi connectivity index (χ4n) is 4.79. The van der Waals surface area contributed by atoms with Crippen molar-refractivity contribution in [3.8, 4) is 0 Å². The van der Waals surface area contributed by atoms with E-state index in [9.17, 15) is 19.8 Å². The van der Waals surface area contributed by atoms with Crippen molar-refractivity contribution in [3.63, 3.8) is 0 Å². The molecule has 4 unspecified atom stereocenters. The summed E-state index contributed by atoms with van der Waals surface area (Å²) in [5, 5.41) is 22.0. The molecule has 0 amide bonds. The number of unbranched alkanes of at least 4 members (excludes halogenated alkanes) is 12.